The number of hydrogen-bond donors (Lipinski definition) is 1. The highest BCUT2D eigenvalue weighted by atomic mass is 35.5. The van der Waals surface area contributed by atoms with Gasteiger partial charge >= 0.3 is 0 Å². The quantitative estimate of drug-likeness (QED) is 0.893. The third-order valence-electron chi connectivity index (χ3n) is 3.27. The summed E-state index contributed by atoms with van der Waals surface area (Å²) < 4.78 is 32.0. The van der Waals surface area contributed by atoms with Crippen LogP contribution in [0.1, 0.15) is 20.3 Å². The normalized spacial score (nSPS) is 19.8. The Labute approximate surface area is 133 Å². The van der Waals surface area contributed by atoms with E-state index in [-0.39, 0.29) is 18.4 Å². The average molecular weight is 335 g/mol. The Morgan fingerprint density at radius 2 is 2.00 bits per heavy atom. The molecule has 1 heterocycles. The van der Waals surface area contributed by atoms with Crippen LogP contribution in [-0.2, 0) is 10.0 Å². The Balaban J connectivity index is 0.00000220. The topological polar surface area (TPSA) is 58.6 Å². The Hall–Kier alpha value is -0.820. The Morgan fingerprint density at radius 3 is 2.57 bits per heavy atom. The van der Waals surface area contributed by atoms with Gasteiger partial charge in [-0.05, 0) is 37.6 Å². The van der Waals surface area contributed by atoms with Crippen LogP contribution in [-0.4, -0.2) is 45.0 Å². The maximum atomic E-state index is 12.5. The number of hydrogen-bond acceptors (Lipinski definition) is 4. The second-order valence-electron chi connectivity index (χ2n) is 5.04. The van der Waals surface area contributed by atoms with Gasteiger partial charge in [0.25, 0.3) is 0 Å². The van der Waals surface area contributed by atoms with Crippen LogP contribution in [0.15, 0.2) is 29.2 Å². The molecule has 1 aliphatic rings. The second-order valence-corrected chi connectivity index (χ2v) is 6.98. The van der Waals surface area contributed by atoms with Gasteiger partial charge in [0.1, 0.15) is 5.75 Å². The molecule has 0 unspecified atom stereocenters. The van der Waals surface area contributed by atoms with Gasteiger partial charge in [-0.1, -0.05) is 6.92 Å². The lowest BCUT2D eigenvalue weighted by atomic mass is 10.3. The molecule has 1 aromatic rings. The van der Waals surface area contributed by atoms with Gasteiger partial charge in [-0.25, -0.2) is 8.42 Å². The van der Waals surface area contributed by atoms with Crippen LogP contribution in [0.3, 0.4) is 0 Å². The van der Waals surface area contributed by atoms with Gasteiger partial charge < -0.3 is 10.1 Å². The van der Waals surface area contributed by atoms with E-state index in [0.29, 0.717) is 36.9 Å². The van der Waals surface area contributed by atoms with Crippen LogP contribution in [0.4, 0.5) is 0 Å². The van der Waals surface area contributed by atoms with E-state index >= 15 is 0 Å². The van der Waals surface area contributed by atoms with Gasteiger partial charge in [0, 0.05) is 25.7 Å². The highest BCUT2D eigenvalue weighted by molar-refractivity contribution is 7.89. The number of sulfonamides is 1. The largest absolute Gasteiger partial charge is 0.494 e. The van der Waals surface area contributed by atoms with E-state index in [4.69, 9.17) is 4.74 Å². The molecule has 1 aliphatic heterocycles. The molecule has 0 radical (unpaired) electrons. The lowest BCUT2D eigenvalue weighted by molar-refractivity contribution is 0.309. The van der Waals surface area contributed by atoms with E-state index in [1.54, 1.807) is 24.3 Å². The van der Waals surface area contributed by atoms with Crippen LogP contribution in [0.5, 0.6) is 5.75 Å². The van der Waals surface area contributed by atoms with E-state index < -0.39 is 10.0 Å². The SMILES string of the molecule is CCCOc1ccc(S(=O)(=O)N2CCN[C@@H](C)C2)cc1.Cl. The summed E-state index contributed by atoms with van der Waals surface area (Å²) in [6, 6.07) is 6.85. The summed E-state index contributed by atoms with van der Waals surface area (Å²) >= 11 is 0. The molecule has 5 nitrogen and oxygen atoms in total. The van der Waals surface area contributed by atoms with Crippen molar-refractivity contribution < 1.29 is 13.2 Å². The fourth-order valence-corrected chi connectivity index (χ4v) is 3.72. The average Bonchev–Trinajstić information content (AvgIpc) is 2.45. The van der Waals surface area contributed by atoms with Crippen LogP contribution < -0.4 is 10.1 Å². The highest BCUT2D eigenvalue weighted by Crippen LogP contribution is 2.20. The Morgan fingerprint density at radius 1 is 1.33 bits per heavy atom. The van der Waals surface area contributed by atoms with Crippen molar-refractivity contribution in [3.05, 3.63) is 24.3 Å². The fraction of sp³-hybridized carbons (Fsp3) is 0.571. The first kappa shape index (κ1) is 18.2. The predicted molar refractivity (Wildman–Crippen MR) is 85.7 cm³/mol. The lowest BCUT2D eigenvalue weighted by Crippen LogP contribution is -2.51. The van der Waals surface area contributed by atoms with E-state index in [1.165, 1.54) is 4.31 Å². The zero-order chi connectivity index (χ0) is 14.6. The van der Waals surface area contributed by atoms with E-state index in [2.05, 4.69) is 5.32 Å². The van der Waals surface area contributed by atoms with E-state index in [9.17, 15) is 8.42 Å². The van der Waals surface area contributed by atoms with Crippen molar-refractivity contribution in [1.29, 1.82) is 0 Å². The van der Waals surface area contributed by atoms with Crippen molar-refractivity contribution in [2.75, 3.05) is 26.2 Å². The summed E-state index contributed by atoms with van der Waals surface area (Å²) in [5, 5.41) is 3.24. The zero-order valence-electron chi connectivity index (χ0n) is 12.4. The molecule has 0 saturated carbocycles. The monoisotopic (exact) mass is 334 g/mol. The lowest BCUT2D eigenvalue weighted by Gasteiger charge is -2.31. The summed E-state index contributed by atoms with van der Waals surface area (Å²) in [5.41, 5.74) is 0. The number of piperazine rings is 1. The molecule has 1 saturated heterocycles. The van der Waals surface area contributed by atoms with Crippen LogP contribution in [0, 0.1) is 0 Å². The van der Waals surface area contributed by atoms with Gasteiger partial charge in [0.05, 0.1) is 11.5 Å². The minimum Gasteiger partial charge on any atom is -0.494 e. The molecule has 1 atom stereocenters. The van der Waals surface area contributed by atoms with Gasteiger partial charge in [-0.2, -0.15) is 4.31 Å². The van der Waals surface area contributed by atoms with Crippen LogP contribution in [0.25, 0.3) is 0 Å². The summed E-state index contributed by atoms with van der Waals surface area (Å²) in [6.07, 6.45) is 0.929. The molecule has 120 valence electrons. The standard InChI is InChI=1S/C14H22N2O3S.ClH/c1-3-10-19-13-4-6-14(7-5-13)20(17,18)16-9-8-15-12(2)11-16;/h4-7,12,15H,3,8-11H2,1-2H3;1H/t12-;/m0./s1. The number of rotatable bonds is 5. The first-order valence-corrected chi connectivity index (χ1v) is 8.44. The minimum atomic E-state index is -3.39. The van der Waals surface area contributed by atoms with E-state index in [0.717, 1.165) is 6.42 Å². The molecule has 2 rings (SSSR count). The highest BCUT2D eigenvalue weighted by Gasteiger charge is 2.28. The molecule has 1 fully saturated rings. The molecule has 1 N–H and O–H groups in total. The summed E-state index contributed by atoms with van der Waals surface area (Å²) in [4.78, 5) is 0.329. The number of ether oxygens (including phenoxy) is 1. The van der Waals surface area contributed by atoms with Gasteiger partial charge in [0.15, 0.2) is 0 Å². The summed E-state index contributed by atoms with van der Waals surface area (Å²) in [6.45, 7) is 6.38. The number of benzene rings is 1. The predicted octanol–water partition coefficient (Wildman–Crippen LogP) is 1.88. The molecule has 0 aliphatic carbocycles. The zero-order valence-corrected chi connectivity index (χ0v) is 14.0. The molecule has 21 heavy (non-hydrogen) atoms. The van der Waals surface area contributed by atoms with Crippen LogP contribution >= 0.6 is 12.4 Å². The van der Waals surface area contributed by atoms with Crippen molar-refractivity contribution in [3.8, 4) is 5.75 Å². The van der Waals surface area contributed by atoms with E-state index in [1.807, 2.05) is 13.8 Å². The molecule has 0 amide bonds. The number of nitrogens with zero attached hydrogens (tertiary/aromatic N) is 1. The van der Waals surface area contributed by atoms with Crippen molar-refractivity contribution in [2.24, 2.45) is 0 Å². The third kappa shape index (κ3) is 4.57. The number of nitrogens with one attached hydrogen (secondary N) is 1. The molecular formula is C14H23ClN2O3S. The van der Waals surface area contributed by atoms with Crippen molar-refractivity contribution in [2.45, 2.75) is 31.2 Å². The molecule has 0 aromatic heterocycles. The third-order valence-corrected chi connectivity index (χ3v) is 5.15. The second kappa shape index (κ2) is 7.98. The van der Waals surface area contributed by atoms with Crippen molar-refractivity contribution >= 4 is 22.4 Å². The summed E-state index contributed by atoms with van der Waals surface area (Å²) in [5.74, 6) is 0.708. The minimum absolute atomic E-state index is 0. The Bertz CT molecular complexity index is 534. The van der Waals surface area contributed by atoms with Crippen molar-refractivity contribution in [1.82, 2.24) is 9.62 Å². The smallest absolute Gasteiger partial charge is 0.243 e. The first-order chi connectivity index (χ1) is 9.54. The maximum absolute atomic E-state index is 12.5. The Kier molecular flexibility index (Phi) is 6.93. The fourth-order valence-electron chi connectivity index (χ4n) is 2.19. The van der Waals surface area contributed by atoms with Gasteiger partial charge in [-0.15, -0.1) is 12.4 Å². The molecule has 1 aromatic carbocycles. The summed E-state index contributed by atoms with van der Waals surface area (Å²) in [7, 11) is -3.39. The van der Waals surface area contributed by atoms with Gasteiger partial charge in [0.2, 0.25) is 10.0 Å². The molecule has 0 bridgehead atoms. The molecule has 0 spiro atoms. The molecule has 7 heteroatoms. The van der Waals surface area contributed by atoms with Crippen molar-refractivity contribution in [3.63, 3.8) is 0 Å². The first-order valence-electron chi connectivity index (χ1n) is 7.00. The number of halogens is 1. The van der Waals surface area contributed by atoms with Gasteiger partial charge in [-0.3, -0.25) is 0 Å². The van der Waals surface area contributed by atoms with Crippen LogP contribution in [0.2, 0.25) is 0 Å². The maximum Gasteiger partial charge on any atom is 0.243 e. The molecular weight excluding hydrogens is 312 g/mol.